The van der Waals surface area contributed by atoms with Gasteiger partial charge >= 0.3 is 0 Å². The second-order valence-electron chi connectivity index (χ2n) is 4.35. The van der Waals surface area contributed by atoms with Gasteiger partial charge in [-0.15, -0.1) is 0 Å². The molecule has 0 aromatic heterocycles. The normalized spacial score (nSPS) is 12.2. The fourth-order valence-electron chi connectivity index (χ4n) is 1.51. The highest BCUT2D eigenvalue weighted by atomic mass is 19.2. The van der Waals surface area contributed by atoms with E-state index in [2.05, 4.69) is 5.32 Å². The van der Waals surface area contributed by atoms with Crippen molar-refractivity contribution in [1.82, 2.24) is 5.32 Å². The molecule has 1 aromatic rings. The van der Waals surface area contributed by atoms with Crippen LogP contribution in [0, 0.1) is 17.6 Å². The summed E-state index contributed by atoms with van der Waals surface area (Å²) in [7, 11) is 0. The monoisotopic (exact) mass is 257 g/mol. The Morgan fingerprint density at radius 2 is 2.11 bits per heavy atom. The van der Waals surface area contributed by atoms with E-state index in [1.807, 2.05) is 6.92 Å². The highest BCUT2D eigenvalue weighted by Crippen LogP contribution is 2.09. The van der Waals surface area contributed by atoms with Crippen molar-refractivity contribution in [3.63, 3.8) is 0 Å². The Balaban J connectivity index is 2.42. The number of amides is 1. The van der Waals surface area contributed by atoms with Gasteiger partial charge < -0.3 is 10.4 Å². The van der Waals surface area contributed by atoms with Gasteiger partial charge in [-0.25, -0.2) is 8.78 Å². The molecule has 0 heterocycles. The van der Waals surface area contributed by atoms with E-state index in [4.69, 9.17) is 5.11 Å². The summed E-state index contributed by atoms with van der Waals surface area (Å²) in [6.07, 6.45) is 0.633. The zero-order chi connectivity index (χ0) is 13.5. The Morgan fingerprint density at radius 1 is 1.39 bits per heavy atom. The van der Waals surface area contributed by atoms with Crippen LogP contribution in [0.4, 0.5) is 8.78 Å². The predicted octanol–water partition coefficient (Wildman–Crippen LogP) is 1.64. The largest absolute Gasteiger partial charge is 0.396 e. The number of hydrogen-bond donors (Lipinski definition) is 2. The fourth-order valence-corrected chi connectivity index (χ4v) is 1.51. The van der Waals surface area contributed by atoms with Crippen molar-refractivity contribution in [2.24, 2.45) is 5.92 Å². The van der Waals surface area contributed by atoms with Gasteiger partial charge in [-0.1, -0.05) is 13.0 Å². The van der Waals surface area contributed by atoms with Gasteiger partial charge in [0.2, 0.25) is 5.91 Å². The van der Waals surface area contributed by atoms with Crippen molar-refractivity contribution < 1.29 is 18.7 Å². The molecule has 0 aliphatic heterocycles. The number of carbonyl (C=O) groups excluding carboxylic acids is 1. The van der Waals surface area contributed by atoms with Crippen molar-refractivity contribution >= 4 is 5.91 Å². The number of rotatable bonds is 6. The summed E-state index contributed by atoms with van der Waals surface area (Å²) in [4.78, 5) is 11.5. The number of halogens is 2. The van der Waals surface area contributed by atoms with E-state index in [0.717, 1.165) is 12.1 Å². The molecular weight excluding hydrogens is 240 g/mol. The minimum Gasteiger partial charge on any atom is -0.396 e. The maximum Gasteiger partial charge on any atom is 0.224 e. The molecule has 0 saturated carbocycles. The molecule has 3 nitrogen and oxygen atoms in total. The molecule has 0 radical (unpaired) electrons. The molecule has 1 atom stereocenters. The molecule has 0 fully saturated rings. The number of benzene rings is 1. The summed E-state index contributed by atoms with van der Waals surface area (Å²) in [5, 5.41) is 11.4. The number of nitrogens with one attached hydrogen (secondary N) is 1. The van der Waals surface area contributed by atoms with Gasteiger partial charge in [0.25, 0.3) is 0 Å². The molecule has 0 bridgehead atoms. The molecule has 2 N–H and O–H groups in total. The molecule has 0 aliphatic carbocycles. The molecular formula is C13H17F2NO2. The van der Waals surface area contributed by atoms with Gasteiger partial charge in [0.05, 0.1) is 6.42 Å². The van der Waals surface area contributed by atoms with E-state index in [1.54, 1.807) is 0 Å². The SMILES string of the molecule is CC(CCO)CNC(=O)Cc1ccc(F)c(F)c1. The van der Waals surface area contributed by atoms with Crippen molar-refractivity contribution in [3.8, 4) is 0 Å². The van der Waals surface area contributed by atoms with Crippen LogP contribution in [0.2, 0.25) is 0 Å². The van der Waals surface area contributed by atoms with Gasteiger partial charge in [-0.2, -0.15) is 0 Å². The first-order chi connectivity index (χ1) is 8.52. The van der Waals surface area contributed by atoms with Crippen LogP contribution in [-0.4, -0.2) is 24.2 Å². The highest BCUT2D eigenvalue weighted by Gasteiger charge is 2.08. The molecule has 5 heteroatoms. The summed E-state index contributed by atoms with van der Waals surface area (Å²) in [5.74, 6) is -1.93. The third kappa shape index (κ3) is 4.79. The average Bonchev–Trinajstić information content (AvgIpc) is 2.32. The third-order valence-corrected chi connectivity index (χ3v) is 2.62. The number of aliphatic hydroxyl groups is 1. The van der Waals surface area contributed by atoms with Gasteiger partial charge in [0, 0.05) is 13.2 Å². The van der Waals surface area contributed by atoms with E-state index in [0.29, 0.717) is 18.5 Å². The van der Waals surface area contributed by atoms with Crippen molar-refractivity contribution in [3.05, 3.63) is 35.4 Å². The molecule has 0 aliphatic rings. The summed E-state index contributed by atoms with van der Waals surface area (Å²) in [6.45, 7) is 2.46. The number of hydrogen-bond acceptors (Lipinski definition) is 2. The van der Waals surface area contributed by atoms with Gasteiger partial charge in [0.15, 0.2) is 11.6 Å². The average molecular weight is 257 g/mol. The quantitative estimate of drug-likeness (QED) is 0.814. The van der Waals surface area contributed by atoms with Gasteiger partial charge in [0.1, 0.15) is 0 Å². The molecule has 100 valence electrons. The molecule has 1 rings (SSSR count). The molecule has 1 aromatic carbocycles. The lowest BCUT2D eigenvalue weighted by atomic mass is 10.1. The third-order valence-electron chi connectivity index (χ3n) is 2.62. The zero-order valence-electron chi connectivity index (χ0n) is 10.2. The lowest BCUT2D eigenvalue weighted by Gasteiger charge is -2.11. The maximum absolute atomic E-state index is 12.9. The standard InChI is InChI=1S/C13H17F2NO2/c1-9(4-5-17)8-16-13(18)7-10-2-3-11(14)12(15)6-10/h2-3,6,9,17H,4-5,7-8H2,1H3,(H,16,18). The minimum atomic E-state index is -0.950. The van der Waals surface area contributed by atoms with Gasteiger partial charge in [-0.3, -0.25) is 4.79 Å². The smallest absolute Gasteiger partial charge is 0.224 e. The van der Waals surface area contributed by atoms with Gasteiger partial charge in [-0.05, 0) is 30.0 Å². The van der Waals surface area contributed by atoms with Crippen LogP contribution in [0.15, 0.2) is 18.2 Å². The highest BCUT2D eigenvalue weighted by molar-refractivity contribution is 5.78. The van der Waals surface area contributed by atoms with Crippen molar-refractivity contribution in [2.45, 2.75) is 19.8 Å². The summed E-state index contributed by atoms with van der Waals surface area (Å²) in [5.41, 5.74) is 0.432. The fraction of sp³-hybridized carbons (Fsp3) is 0.462. The molecule has 18 heavy (non-hydrogen) atoms. The van der Waals surface area contributed by atoms with Crippen molar-refractivity contribution in [1.29, 1.82) is 0 Å². The second kappa shape index (κ2) is 7.06. The van der Waals surface area contributed by atoms with E-state index in [-0.39, 0.29) is 24.9 Å². The van der Waals surface area contributed by atoms with Crippen LogP contribution in [0.1, 0.15) is 18.9 Å². The molecule has 1 unspecified atom stereocenters. The first-order valence-corrected chi connectivity index (χ1v) is 5.84. The van der Waals surface area contributed by atoms with E-state index in [9.17, 15) is 13.6 Å². The Hall–Kier alpha value is -1.49. The minimum absolute atomic E-state index is 0.0169. The van der Waals surface area contributed by atoms with Crippen LogP contribution < -0.4 is 5.32 Å². The Kier molecular flexibility index (Phi) is 5.71. The Labute approximate surface area is 105 Å². The first-order valence-electron chi connectivity index (χ1n) is 5.84. The number of carbonyl (C=O) groups is 1. The summed E-state index contributed by atoms with van der Waals surface area (Å²) in [6, 6.07) is 3.41. The van der Waals surface area contributed by atoms with Crippen LogP contribution in [0.3, 0.4) is 0 Å². The van der Waals surface area contributed by atoms with Crippen LogP contribution in [-0.2, 0) is 11.2 Å². The Morgan fingerprint density at radius 3 is 2.72 bits per heavy atom. The van der Waals surface area contributed by atoms with E-state index in [1.165, 1.54) is 6.07 Å². The molecule has 0 saturated heterocycles. The lowest BCUT2D eigenvalue weighted by molar-refractivity contribution is -0.120. The van der Waals surface area contributed by atoms with Crippen LogP contribution in [0.5, 0.6) is 0 Å². The second-order valence-corrected chi connectivity index (χ2v) is 4.35. The van der Waals surface area contributed by atoms with Crippen LogP contribution in [0.25, 0.3) is 0 Å². The molecule has 1 amide bonds. The summed E-state index contributed by atoms with van der Waals surface area (Å²) >= 11 is 0. The zero-order valence-corrected chi connectivity index (χ0v) is 10.2. The van der Waals surface area contributed by atoms with Crippen molar-refractivity contribution in [2.75, 3.05) is 13.2 Å². The lowest BCUT2D eigenvalue weighted by Crippen LogP contribution is -2.29. The molecule has 0 spiro atoms. The Bertz CT molecular complexity index is 410. The van der Waals surface area contributed by atoms with E-state index < -0.39 is 11.6 Å². The maximum atomic E-state index is 12.9. The van der Waals surface area contributed by atoms with E-state index >= 15 is 0 Å². The summed E-state index contributed by atoms with van der Waals surface area (Å²) < 4.78 is 25.6. The first kappa shape index (κ1) is 14.6. The predicted molar refractivity (Wildman–Crippen MR) is 63.9 cm³/mol. The van der Waals surface area contributed by atoms with Crippen LogP contribution >= 0.6 is 0 Å². The topological polar surface area (TPSA) is 49.3 Å². The number of aliphatic hydroxyl groups excluding tert-OH is 1.